The summed E-state index contributed by atoms with van der Waals surface area (Å²) in [5, 5.41) is 39.7. The summed E-state index contributed by atoms with van der Waals surface area (Å²) in [5.74, 6) is 0. The largest absolute Gasteiger partial charge is 0.396 e. The number of hydrogen-bond donors (Lipinski definition) is 2. The van der Waals surface area contributed by atoms with E-state index in [1.807, 2.05) is 0 Å². The summed E-state index contributed by atoms with van der Waals surface area (Å²) in [4.78, 5) is 8.12. The topological polar surface area (TPSA) is 182 Å². The molecule has 1 aliphatic rings. The molecular weight excluding hydrogens is 282 g/mol. The van der Waals surface area contributed by atoms with E-state index < -0.39 is 0 Å². The van der Waals surface area contributed by atoms with E-state index in [-0.39, 0.29) is 50.3 Å². The number of nitrogen functional groups attached to an aromatic ring is 1. The van der Waals surface area contributed by atoms with Crippen molar-refractivity contribution in [3.05, 3.63) is 21.2 Å². The van der Waals surface area contributed by atoms with Crippen LogP contribution < -0.4 is 26.9 Å². The van der Waals surface area contributed by atoms with Crippen LogP contribution in [0.1, 0.15) is 0 Å². The Morgan fingerprint density at radius 1 is 0.955 bits per heavy atom. The molecular formula is C13H5N9. The summed E-state index contributed by atoms with van der Waals surface area (Å²) in [5.41, 5.74) is 12.2. The number of nitrogens with zero attached hydrogens (tertiary/aromatic N) is 7. The minimum absolute atomic E-state index is 0.00447. The van der Waals surface area contributed by atoms with Crippen LogP contribution in [0.2, 0.25) is 0 Å². The molecule has 1 aliphatic heterocycles. The van der Waals surface area contributed by atoms with E-state index in [0.29, 0.717) is 0 Å². The molecule has 0 unspecified atom stereocenters. The summed E-state index contributed by atoms with van der Waals surface area (Å²) in [6.45, 7) is 0.00447. The van der Waals surface area contributed by atoms with Gasteiger partial charge < -0.3 is 5.73 Å². The van der Waals surface area contributed by atoms with Crippen molar-refractivity contribution in [2.75, 3.05) is 12.4 Å². The summed E-state index contributed by atoms with van der Waals surface area (Å²) >= 11 is 0. The van der Waals surface area contributed by atoms with Gasteiger partial charge in [-0.25, -0.2) is 5.53 Å². The van der Waals surface area contributed by atoms with Gasteiger partial charge in [0.15, 0.2) is 0 Å². The fourth-order valence-corrected chi connectivity index (χ4v) is 2.09. The van der Waals surface area contributed by atoms with Crippen LogP contribution in [0.5, 0.6) is 0 Å². The molecule has 9 heteroatoms. The standard InChI is InChI=1S/C13H5N9/c14-1-6(2-15)8-10(18)11(22-19)9(7(3-16)4-17)13-12(8)20-5-21-13/h19H,5,18H2. The smallest absolute Gasteiger partial charge is 0.141 e. The van der Waals surface area contributed by atoms with E-state index in [9.17, 15) is 0 Å². The summed E-state index contributed by atoms with van der Waals surface area (Å²) in [7, 11) is 0. The van der Waals surface area contributed by atoms with E-state index in [1.54, 1.807) is 24.3 Å². The van der Waals surface area contributed by atoms with Crippen molar-refractivity contribution in [3.8, 4) is 24.3 Å². The molecule has 22 heavy (non-hydrogen) atoms. The first-order chi connectivity index (χ1) is 10.6. The molecule has 0 bridgehead atoms. The van der Waals surface area contributed by atoms with Crippen molar-refractivity contribution < 1.29 is 0 Å². The molecule has 0 atom stereocenters. The molecule has 0 saturated heterocycles. The molecule has 3 N–H and O–H groups in total. The lowest BCUT2D eigenvalue weighted by Gasteiger charge is -2.02. The molecule has 1 heterocycles. The minimum Gasteiger partial charge on any atom is -0.396 e. The van der Waals surface area contributed by atoms with Gasteiger partial charge >= 0.3 is 0 Å². The van der Waals surface area contributed by atoms with Crippen LogP contribution >= 0.6 is 0 Å². The summed E-state index contributed by atoms with van der Waals surface area (Å²) in [6.07, 6.45) is 0. The zero-order valence-corrected chi connectivity index (χ0v) is 10.9. The van der Waals surface area contributed by atoms with Gasteiger partial charge in [0.25, 0.3) is 0 Å². The van der Waals surface area contributed by atoms with Gasteiger partial charge in [-0.3, -0.25) is 9.98 Å². The van der Waals surface area contributed by atoms with E-state index in [4.69, 9.17) is 32.3 Å². The number of nitriles is 4. The second-order valence-electron chi connectivity index (χ2n) is 3.98. The zero-order valence-electron chi connectivity index (χ0n) is 10.9. The van der Waals surface area contributed by atoms with Crippen LogP contribution in [0.4, 0.5) is 11.4 Å². The van der Waals surface area contributed by atoms with Crippen molar-refractivity contribution in [1.29, 1.82) is 26.6 Å². The Labute approximate surface area is 123 Å². The Bertz CT molecular complexity index is 1080. The van der Waals surface area contributed by atoms with Crippen molar-refractivity contribution in [2.24, 2.45) is 15.1 Å². The van der Waals surface area contributed by atoms with Crippen molar-refractivity contribution in [3.63, 3.8) is 0 Å². The highest BCUT2D eigenvalue weighted by Gasteiger charge is 2.17. The minimum atomic E-state index is -0.322. The van der Waals surface area contributed by atoms with E-state index in [1.165, 1.54) is 0 Å². The number of fused-ring (bicyclic) bond motifs is 1. The molecule has 102 valence electrons. The third-order valence-corrected chi connectivity index (χ3v) is 2.98. The number of nitrogens with one attached hydrogen (secondary N) is 1. The maximum Gasteiger partial charge on any atom is 0.141 e. The average Bonchev–Trinajstić information content (AvgIpc) is 3.01. The van der Waals surface area contributed by atoms with Crippen LogP contribution in [0.15, 0.2) is 15.1 Å². The molecule has 0 radical (unpaired) electrons. The number of benzene rings is 1. The molecule has 1 aromatic rings. The van der Waals surface area contributed by atoms with Gasteiger partial charge in [0.05, 0.1) is 26.8 Å². The molecule has 2 rings (SSSR count). The average molecular weight is 287 g/mol. The number of nitrogens with two attached hydrogens (primary N) is 1. The molecule has 0 fully saturated rings. The normalized spacial score (nSPS) is 10.5. The highest BCUT2D eigenvalue weighted by molar-refractivity contribution is 5.82. The predicted octanol–water partition coefficient (Wildman–Crippen LogP) is -1.46. The Hall–Kier alpha value is -4.08. The summed E-state index contributed by atoms with van der Waals surface area (Å²) < 4.78 is 0. The quantitative estimate of drug-likeness (QED) is 0.471. The highest BCUT2D eigenvalue weighted by atomic mass is 15.0. The van der Waals surface area contributed by atoms with Crippen molar-refractivity contribution in [1.82, 2.24) is 0 Å². The number of hydrogen-bond acceptors (Lipinski definition) is 9. The van der Waals surface area contributed by atoms with E-state index in [2.05, 4.69) is 15.1 Å². The van der Waals surface area contributed by atoms with Gasteiger partial charge in [0.2, 0.25) is 0 Å². The van der Waals surface area contributed by atoms with E-state index >= 15 is 0 Å². The van der Waals surface area contributed by atoms with Crippen LogP contribution in [0, 0.1) is 50.9 Å². The monoisotopic (exact) mass is 287 g/mol. The highest BCUT2D eigenvalue weighted by Crippen LogP contribution is 2.11. The first kappa shape index (κ1) is 14.3. The van der Waals surface area contributed by atoms with Crippen LogP contribution in [0.25, 0.3) is 11.1 Å². The third kappa shape index (κ3) is 1.84. The first-order valence-electron chi connectivity index (χ1n) is 5.71. The van der Waals surface area contributed by atoms with Crippen molar-refractivity contribution in [2.45, 2.75) is 0 Å². The molecule has 9 nitrogen and oxygen atoms in total. The molecule has 0 amide bonds. The maximum atomic E-state index is 9.06. The zero-order chi connectivity index (χ0) is 16.3. The van der Waals surface area contributed by atoms with Crippen molar-refractivity contribution >= 4 is 22.5 Å². The van der Waals surface area contributed by atoms with Crippen LogP contribution in [-0.2, 0) is 0 Å². The lowest BCUT2D eigenvalue weighted by atomic mass is 10.1. The van der Waals surface area contributed by atoms with Gasteiger partial charge in [0.1, 0.15) is 47.8 Å². The molecule has 1 aromatic carbocycles. The van der Waals surface area contributed by atoms with Crippen LogP contribution in [0.3, 0.4) is 0 Å². The lowest BCUT2D eigenvalue weighted by molar-refractivity contribution is 1.05. The molecule has 0 saturated carbocycles. The fraction of sp³-hybridized carbons (Fsp3) is 0.0769. The maximum absolute atomic E-state index is 9.06. The molecule has 0 aliphatic carbocycles. The Morgan fingerprint density at radius 2 is 1.41 bits per heavy atom. The molecule has 0 spiro atoms. The van der Waals surface area contributed by atoms with E-state index in [0.717, 1.165) is 0 Å². The van der Waals surface area contributed by atoms with Crippen LogP contribution in [-0.4, -0.2) is 6.67 Å². The first-order valence-corrected chi connectivity index (χ1v) is 5.71. The predicted molar refractivity (Wildman–Crippen MR) is 71.4 cm³/mol. The number of anilines is 1. The fourth-order valence-electron chi connectivity index (χ4n) is 2.09. The second kappa shape index (κ2) is 5.50. The Morgan fingerprint density at radius 3 is 1.86 bits per heavy atom. The third-order valence-electron chi connectivity index (χ3n) is 2.98. The lowest BCUT2D eigenvalue weighted by Crippen LogP contribution is -2.49. The van der Waals surface area contributed by atoms with Gasteiger partial charge in [-0.2, -0.15) is 26.2 Å². The van der Waals surface area contributed by atoms with Gasteiger partial charge in [-0.1, -0.05) is 0 Å². The van der Waals surface area contributed by atoms with Gasteiger partial charge in [-0.15, -0.1) is 0 Å². The Balaban J connectivity index is 3.45. The Kier molecular flexibility index (Phi) is 3.58. The molecule has 0 aromatic heterocycles. The number of rotatable bonds is 1. The second-order valence-corrected chi connectivity index (χ2v) is 3.98. The van der Waals surface area contributed by atoms with Gasteiger partial charge in [-0.05, 0) is 0 Å². The van der Waals surface area contributed by atoms with Gasteiger partial charge in [0, 0.05) is 0 Å². The SMILES string of the molecule is N#CC(C#N)=c1c(N)c(N=N)c(=C(C#N)C#N)c2c1=NCN=2. The summed E-state index contributed by atoms with van der Waals surface area (Å²) in [6, 6.07) is 6.79.